The number of hydrogen-bond donors (Lipinski definition) is 1. The van der Waals surface area contributed by atoms with Gasteiger partial charge in [0.15, 0.2) is 0 Å². The number of carbonyl (C=O) groups is 1. The van der Waals surface area contributed by atoms with Crippen molar-refractivity contribution in [2.45, 2.75) is 44.3 Å². The fourth-order valence-corrected chi connectivity index (χ4v) is 6.77. The predicted octanol–water partition coefficient (Wildman–Crippen LogP) is 7.22. The van der Waals surface area contributed by atoms with Gasteiger partial charge in [-0.05, 0) is 74.7 Å². The van der Waals surface area contributed by atoms with Crippen LogP contribution in [0.15, 0.2) is 48.7 Å². The Bertz CT molecular complexity index is 1520. The summed E-state index contributed by atoms with van der Waals surface area (Å²) in [6, 6.07) is 10.8. The van der Waals surface area contributed by atoms with E-state index in [1.807, 2.05) is 7.05 Å². The summed E-state index contributed by atoms with van der Waals surface area (Å²) in [5.74, 6) is -1.79. The highest BCUT2D eigenvalue weighted by atomic mass is 35.5. The first-order valence-corrected chi connectivity index (χ1v) is 13.8. The molecule has 0 unspecified atom stereocenters. The van der Waals surface area contributed by atoms with Crippen molar-refractivity contribution in [3.63, 3.8) is 0 Å². The maximum atomic E-state index is 14.6. The van der Waals surface area contributed by atoms with Crippen molar-refractivity contribution in [2.75, 3.05) is 14.2 Å². The summed E-state index contributed by atoms with van der Waals surface area (Å²) in [4.78, 5) is 19.6. The summed E-state index contributed by atoms with van der Waals surface area (Å²) in [5, 5.41) is 3.11. The van der Waals surface area contributed by atoms with Crippen molar-refractivity contribution in [1.29, 1.82) is 0 Å². The van der Waals surface area contributed by atoms with Gasteiger partial charge in [0.1, 0.15) is 22.3 Å². The van der Waals surface area contributed by atoms with Gasteiger partial charge in [0.25, 0.3) is 5.91 Å². The number of methoxy groups -OCH3 is 1. The van der Waals surface area contributed by atoms with Crippen LogP contribution in [0, 0.1) is 17.6 Å². The van der Waals surface area contributed by atoms with E-state index >= 15 is 0 Å². The third kappa shape index (κ3) is 5.35. The lowest BCUT2D eigenvalue weighted by atomic mass is 9.89. The van der Waals surface area contributed by atoms with Gasteiger partial charge in [-0.1, -0.05) is 17.7 Å². The Hall–Kier alpha value is -3.14. The van der Waals surface area contributed by atoms with Crippen LogP contribution in [0.25, 0.3) is 21.2 Å². The Morgan fingerprint density at radius 1 is 1.13 bits per heavy atom. The molecule has 4 aromatic rings. The molecule has 0 radical (unpaired) electrons. The monoisotopic (exact) mass is 573 g/mol. The lowest BCUT2D eigenvalue weighted by Crippen LogP contribution is -2.44. The van der Waals surface area contributed by atoms with Crippen LogP contribution in [0.1, 0.15) is 40.9 Å². The molecule has 0 aliphatic heterocycles. The number of ether oxygens (including phenoxy) is 1. The van der Waals surface area contributed by atoms with Gasteiger partial charge in [-0.3, -0.25) is 4.79 Å². The minimum Gasteiger partial charge on any atom is -0.496 e. The Balaban J connectivity index is 1.57. The van der Waals surface area contributed by atoms with Crippen molar-refractivity contribution in [3.05, 3.63) is 81.7 Å². The zero-order valence-corrected chi connectivity index (χ0v) is 23.0. The van der Waals surface area contributed by atoms with Gasteiger partial charge in [-0.15, -0.1) is 11.3 Å². The second-order valence-electron chi connectivity index (χ2n) is 9.57. The second kappa shape index (κ2) is 11.5. The fraction of sp³-hybridized carbons (Fsp3) is 0.310. The summed E-state index contributed by atoms with van der Waals surface area (Å²) in [6.07, 6.45) is 4.59. The maximum Gasteiger partial charge on any atom is 0.266 e. The van der Waals surface area contributed by atoms with E-state index in [0.717, 1.165) is 49.2 Å². The van der Waals surface area contributed by atoms with E-state index in [-0.39, 0.29) is 32.6 Å². The summed E-state index contributed by atoms with van der Waals surface area (Å²) < 4.78 is 49.2. The van der Waals surface area contributed by atoms with Gasteiger partial charge in [0.2, 0.25) is 5.95 Å². The molecule has 10 heteroatoms. The van der Waals surface area contributed by atoms with Crippen molar-refractivity contribution >= 4 is 38.9 Å². The number of fused-ring (bicyclic) bond motifs is 1. The SMILES string of the molecule is CNC1CCC(N(Cc2cc(-c3cccnc3F)ccc2OC)C(=O)c2sc3c(F)ccc(F)c3c2Cl)CC1. The number of rotatable bonds is 7. The molecule has 1 saturated carbocycles. The average Bonchev–Trinajstić information content (AvgIpc) is 3.32. The number of thiophene rings is 1. The summed E-state index contributed by atoms with van der Waals surface area (Å²) >= 11 is 7.37. The normalized spacial score (nSPS) is 17.4. The number of carbonyl (C=O) groups excluding carboxylic acids is 1. The van der Waals surface area contributed by atoms with Gasteiger partial charge in [-0.2, -0.15) is 4.39 Å². The number of amides is 1. The van der Waals surface area contributed by atoms with Crippen LogP contribution in [0.2, 0.25) is 5.02 Å². The molecule has 1 aliphatic rings. The molecule has 5 rings (SSSR count). The number of halogens is 4. The van der Waals surface area contributed by atoms with Gasteiger partial charge < -0.3 is 15.0 Å². The summed E-state index contributed by atoms with van der Waals surface area (Å²) in [7, 11) is 3.45. The molecule has 39 heavy (non-hydrogen) atoms. The molecule has 2 aromatic heterocycles. The highest BCUT2D eigenvalue weighted by molar-refractivity contribution is 7.21. The molecule has 204 valence electrons. The minimum absolute atomic E-state index is 0.00817. The van der Waals surface area contributed by atoms with Crippen molar-refractivity contribution < 1.29 is 22.7 Å². The molecule has 0 atom stereocenters. The molecule has 0 spiro atoms. The molecule has 1 amide bonds. The molecule has 2 heterocycles. The average molecular weight is 574 g/mol. The minimum atomic E-state index is -0.680. The largest absolute Gasteiger partial charge is 0.496 e. The predicted molar refractivity (Wildman–Crippen MR) is 148 cm³/mol. The first-order valence-electron chi connectivity index (χ1n) is 12.6. The van der Waals surface area contributed by atoms with Gasteiger partial charge >= 0.3 is 0 Å². The number of hydrogen-bond acceptors (Lipinski definition) is 5. The van der Waals surface area contributed by atoms with E-state index < -0.39 is 23.5 Å². The molecule has 0 saturated heterocycles. The number of nitrogens with zero attached hydrogens (tertiary/aromatic N) is 2. The Morgan fingerprint density at radius 3 is 2.54 bits per heavy atom. The van der Waals surface area contributed by atoms with Crippen LogP contribution >= 0.6 is 22.9 Å². The van der Waals surface area contributed by atoms with Gasteiger partial charge in [0.05, 0.1) is 22.2 Å². The van der Waals surface area contributed by atoms with E-state index in [2.05, 4.69) is 10.3 Å². The molecule has 0 bridgehead atoms. The third-order valence-corrected chi connectivity index (χ3v) is 9.05. The Morgan fingerprint density at radius 2 is 1.87 bits per heavy atom. The molecule has 1 N–H and O–H groups in total. The van der Waals surface area contributed by atoms with E-state index in [1.165, 1.54) is 13.3 Å². The molecule has 5 nitrogen and oxygen atoms in total. The van der Waals surface area contributed by atoms with Crippen LogP contribution in [0.4, 0.5) is 13.2 Å². The maximum absolute atomic E-state index is 14.6. The van der Waals surface area contributed by atoms with E-state index in [9.17, 15) is 18.0 Å². The molecule has 1 aliphatic carbocycles. The third-order valence-electron chi connectivity index (χ3n) is 7.37. The lowest BCUT2D eigenvalue weighted by molar-refractivity contribution is 0.0604. The van der Waals surface area contributed by atoms with Gasteiger partial charge in [-0.25, -0.2) is 13.8 Å². The van der Waals surface area contributed by atoms with Crippen LogP contribution in [0.3, 0.4) is 0 Å². The lowest BCUT2D eigenvalue weighted by Gasteiger charge is -2.37. The van der Waals surface area contributed by atoms with Crippen molar-refractivity contribution in [1.82, 2.24) is 15.2 Å². The van der Waals surface area contributed by atoms with Gasteiger partial charge in [0, 0.05) is 36.0 Å². The standard InChI is InChI=1S/C29H27ClF3N3O2S/c1-34-18-6-8-19(9-7-18)36(29(37)27-25(30)24-21(31)10-11-22(32)26(24)39-27)15-17-14-16(5-12-23(17)38-2)20-4-3-13-35-28(20)33/h3-5,10-14,18-19,34H,6-9,15H2,1-2H3. The Kier molecular flexibility index (Phi) is 8.11. The van der Waals surface area contributed by atoms with E-state index in [1.54, 1.807) is 35.2 Å². The smallest absolute Gasteiger partial charge is 0.266 e. The number of pyridine rings is 1. The summed E-state index contributed by atoms with van der Waals surface area (Å²) in [5.41, 5.74) is 1.58. The summed E-state index contributed by atoms with van der Waals surface area (Å²) in [6.45, 7) is 0.141. The molecular weight excluding hydrogens is 547 g/mol. The highest BCUT2D eigenvalue weighted by Gasteiger charge is 2.33. The fourth-order valence-electron chi connectivity index (χ4n) is 5.26. The quantitative estimate of drug-likeness (QED) is 0.237. The van der Waals surface area contributed by atoms with E-state index in [0.29, 0.717) is 28.5 Å². The first-order chi connectivity index (χ1) is 18.8. The van der Waals surface area contributed by atoms with Crippen molar-refractivity contribution in [3.8, 4) is 16.9 Å². The molecule has 1 fully saturated rings. The first kappa shape index (κ1) is 27.4. The highest BCUT2D eigenvalue weighted by Crippen LogP contribution is 2.40. The van der Waals surface area contributed by atoms with Crippen LogP contribution in [0.5, 0.6) is 5.75 Å². The number of nitrogens with one attached hydrogen (secondary N) is 1. The van der Waals surface area contributed by atoms with Crippen molar-refractivity contribution in [2.24, 2.45) is 0 Å². The zero-order chi connectivity index (χ0) is 27.7. The Labute approximate surface area is 233 Å². The van der Waals surface area contributed by atoms with Crippen LogP contribution in [-0.2, 0) is 6.54 Å². The van der Waals surface area contributed by atoms with Crippen LogP contribution < -0.4 is 10.1 Å². The molecular formula is C29H27ClF3N3O2S. The second-order valence-corrected chi connectivity index (χ2v) is 11.0. The number of benzene rings is 2. The van der Waals surface area contributed by atoms with E-state index in [4.69, 9.17) is 16.3 Å². The number of aromatic nitrogens is 1. The van der Waals surface area contributed by atoms with Crippen LogP contribution in [-0.4, -0.2) is 42.0 Å². The zero-order valence-electron chi connectivity index (χ0n) is 21.4. The molecule has 2 aromatic carbocycles. The topological polar surface area (TPSA) is 54.5 Å².